The largest absolute Gasteiger partial charge is 0.356 e. The molecule has 0 saturated heterocycles. The fourth-order valence-electron chi connectivity index (χ4n) is 3.09. The van der Waals surface area contributed by atoms with E-state index in [1.165, 1.54) is 22.4 Å². The Morgan fingerprint density at radius 1 is 1.19 bits per heavy atom. The second-order valence-electron chi connectivity index (χ2n) is 6.52. The van der Waals surface area contributed by atoms with Crippen LogP contribution in [0.3, 0.4) is 0 Å². The molecule has 0 fully saturated rings. The van der Waals surface area contributed by atoms with Crippen LogP contribution in [0.5, 0.6) is 0 Å². The first-order valence-electron chi connectivity index (χ1n) is 8.94. The van der Waals surface area contributed by atoms with Crippen LogP contribution in [-0.2, 0) is 26.4 Å². The van der Waals surface area contributed by atoms with E-state index in [1.54, 1.807) is 0 Å². The average molecular weight is 469 g/mol. The lowest BCUT2D eigenvalue weighted by Crippen LogP contribution is -2.39. The maximum absolute atomic E-state index is 4.48. The number of benzene rings is 1. The molecule has 0 aliphatic carbocycles. The number of guanidine groups is 1. The van der Waals surface area contributed by atoms with Gasteiger partial charge in [-0.2, -0.15) is 5.10 Å². The number of aryl methyl sites for hydroxylation is 3. The molecule has 26 heavy (non-hydrogen) atoms. The molecule has 5 nitrogen and oxygen atoms in total. The predicted octanol–water partition coefficient (Wildman–Crippen LogP) is 3.47. The number of hydrogen-bond acceptors (Lipinski definition) is 2. The van der Waals surface area contributed by atoms with Crippen LogP contribution in [0.1, 0.15) is 35.0 Å². The van der Waals surface area contributed by atoms with Gasteiger partial charge >= 0.3 is 0 Å². The lowest BCUT2D eigenvalue weighted by molar-refractivity contribution is 0.477. The molecule has 0 atom stereocenters. The zero-order chi connectivity index (χ0) is 18.4. The van der Waals surface area contributed by atoms with Crippen molar-refractivity contribution in [1.29, 1.82) is 0 Å². The number of rotatable bonds is 6. The van der Waals surface area contributed by atoms with Gasteiger partial charge in [0.05, 0.1) is 5.69 Å². The van der Waals surface area contributed by atoms with Gasteiger partial charge in [-0.3, -0.25) is 9.67 Å². The maximum Gasteiger partial charge on any atom is 0.193 e. The summed E-state index contributed by atoms with van der Waals surface area (Å²) in [6.07, 6.45) is 2.02. The normalized spacial score (nSPS) is 11.2. The fourth-order valence-corrected chi connectivity index (χ4v) is 3.09. The van der Waals surface area contributed by atoms with Crippen LogP contribution in [-0.4, -0.2) is 41.3 Å². The number of aliphatic imine (C=N–C) groups is 1. The molecule has 1 heterocycles. The minimum absolute atomic E-state index is 0. The van der Waals surface area contributed by atoms with Crippen molar-refractivity contribution in [3.05, 3.63) is 52.3 Å². The highest BCUT2D eigenvalue weighted by Crippen LogP contribution is 2.12. The van der Waals surface area contributed by atoms with Crippen LogP contribution in [0.15, 0.2) is 29.3 Å². The standard InChI is InChI=1S/C20H31N5.HI/c1-7-17-8-10-18(11-9-17)14-24(5)20(21-4)22-13-12-19-15(2)23-25(6)16(19)3;/h8-11H,7,12-14H2,1-6H3,(H,21,22);1H. The van der Waals surface area contributed by atoms with Gasteiger partial charge in [0.1, 0.15) is 0 Å². The Morgan fingerprint density at radius 2 is 1.81 bits per heavy atom. The smallest absolute Gasteiger partial charge is 0.193 e. The summed E-state index contributed by atoms with van der Waals surface area (Å²) >= 11 is 0. The van der Waals surface area contributed by atoms with E-state index in [-0.39, 0.29) is 24.0 Å². The molecule has 0 aliphatic heterocycles. The number of nitrogens with zero attached hydrogens (tertiary/aromatic N) is 4. The molecular formula is C20H32IN5. The highest BCUT2D eigenvalue weighted by molar-refractivity contribution is 14.0. The number of halogens is 1. The Bertz CT molecular complexity index is 719. The van der Waals surface area contributed by atoms with Gasteiger partial charge in [0.25, 0.3) is 0 Å². The topological polar surface area (TPSA) is 45.4 Å². The molecule has 0 bridgehead atoms. The van der Waals surface area contributed by atoms with Gasteiger partial charge in [0, 0.05) is 39.9 Å². The van der Waals surface area contributed by atoms with Crippen molar-refractivity contribution in [2.75, 3.05) is 20.6 Å². The SMILES string of the molecule is CCc1ccc(CN(C)C(=NC)NCCc2c(C)nn(C)c2C)cc1.I. The number of nitrogens with one attached hydrogen (secondary N) is 1. The molecule has 0 radical (unpaired) electrons. The van der Waals surface area contributed by atoms with Gasteiger partial charge in [-0.05, 0) is 43.4 Å². The second kappa shape index (κ2) is 10.5. The van der Waals surface area contributed by atoms with E-state index in [0.717, 1.165) is 37.6 Å². The van der Waals surface area contributed by atoms with Gasteiger partial charge < -0.3 is 10.2 Å². The van der Waals surface area contributed by atoms with E-state index in [2.05, 4.69) is 72.4 Å². The van der Waals surface area contributed by atoms with Crippen molar-refractivity contribution in [3.8, 4) is 0 Å². The third kappa shape index (κ3) is 5.72. The minimum atomic E-state index is 0. The first-order valence-corrected chi connectivity index (χ1v) is 8.94. The van der Waals surface area contributed by atoms with E-state index >= 15 is 0 Å². The summed E-state index contributed by atoms with van der Waals surface area (Å²) in [5.41, 5.74) is 6.33. The Morgan fingerprint density at radius 3 is 2.31 bits per heavy atom. The summed E-state index contributed by atoms with van der Waals surface area (Å²) in [7, 11) is 5.90. The zero-order valence-corrected chi connectivity index (χ0v) is 19.2. The lowest BCUT2D eigenvalue weighted by atomic mass is 10.1. The third-order valence-electron chi connectivity index (χ3n) is 4.74. The van der Waals surface area contributed by atoms with Gasteiger partial charge in [0.2, 0.25) is 0 Å². The molecule has 0 aliphatic rings. The number of hydrogen-bond donors (Lipinski definition) is 1. The summed E-state index contributed by atoms with van der Waals surface area (Å²) in [6.45, 7) is 8.06. The first-order chi connectivity index (χ1) is 12.0. The maximum atomic E-state index is 4.48. The summed E-state index contributed by atoms with van der Waals surface area (Å²) < 4.78 is 1.95. The van der Waals surface area contributed by atoms with Crippen molar-refractivity contribution < 1.29 is 0 Å². The minimum Gasteiger partial charge on any atom is -0.356 e. The van der Waals surface area contributed by atoms with Crippen LogP contribution in [0.25, 0.3) is 0 Å². The Labute approximate surface area is 174 Å². The molecular weight excluding hydrogens is 437 g/mol. The fraction of sp³-hybridized carbons (Fsp3) is 0.500. The van der Waals surface area contributed by atoms with E-state index in [9.17, 15) is 0 Å². The van der Waals surface area contributed by atoms with Gasteiger partial charge in [-0.1, -0.05) is 31.2 Å². The van der Waals surface area contributed by atoms with Crippen LogP contribution >= 0.6 is 24.0 Å². The lowest BCUT2D eigenvalue weighted by Gasteiger charge is -2.22. The molecule has 144 valence electrons. The predicted molar refractivity (Wildman–Crippen MR) is 120 cm³/mol. The molecule has 6 heteroatoms. The average Bonchev–Trinajstić information content (AvgIpc) is 2.85. The second-order valence-corrected chi connectivity index (χ2v) is 6.52. The van der Waals surface area contributed by atoms with Gasteiger partial charge in [-0.15, -0.1) is 24.0 Å². The molecule has 1 N–H and O–H groups in total. The van der Waals surface area contributed by atoms with Gasteiger partial charge in [-0.25, -0.2) is 0 Å². The van der Waals surface area contributed by atoms with E-state index in [0.29, 0.717) is 0 Å². The summed E-state index contributed by atoms with van der Waals surface area (Å²) in [5, 5.41) is 7.94. The molecule has 2 aromatic rings. The van der Waals surface area contributed by atoms with E-state index in [4.69, 9.17) is 0 Å². The zero-order valence-electron chi connectivity index (χ0n) is 16.8. The Balaban J connectivity index is 0.00000338. The molecule has 1 aromatic carbocycles. The molecule has 0 amide bonds. The van der Waals surface area contributed by atoms with Crippen LogP contribution in [0, 0.1) is 13.8 Å². The highest BCUT2D eigenvalue weighted by Gasteiger charge is 2.10. The van der Waals surface area contributed by atoms with Crippen molar-refractivity contribution in [3.63, 3.8) is 0 Å². The number of aromatic nitrogens is 2. The summed E-state index contributed by atoms with van der Waals surface area (Å²) in [5.74, 6) is 0.916. The Hall–Kier alpha value is -1.57. The van der Waals surface area contributed by atoms with E-state index < -0.39 is 0 Å². The third-order valence-corrected chi connectivity index (χ3v) is 4.74. The van der Waals surface area contributed by atoms with Crippen LogP contribution < -0.4 is 5.32 Å². The van der Waals surface area contributed by atoms with Crippen molar-refractivity contribution >= 4 is 29.9 Å². The molecule has 1 aromatic heterocycles. The monoisotopic (exact) mass is 469 g/mol. The summed E-state index contributed by atoms with van der Waals surface area (Å²) in [6, 6.07) is 8.80. The molecule has 0 saturated carbocycles. The summed E-state index contributed by atoms with van der Waals surface area (Å²) in [4.78, 5) is 6.57. The van der Waals surface area contributed by atoms with Crippen molar-refractivity contribution in [2.24, 2.45) is 12.0 Å². The Kier molecular flexibility index (Phi) is 9.12. The quantitative estimate of drug-likeness (QED) is 0.401. The molecule has 0 unspecified atom stereocenters. The van der Waals surface area contributed by atoms with Gasteiger partial charge in [0.15, 0.2) is 5.96 Å². The van der Waals surface area contributed by atoms with Crippen molar-refractivity contribution in [2.45, 2.75) is 40.2 Å². The molecule has 2 rings (SSSR count). The van der Waals surface area contributed by atoms with E-state index in [1.807, 2.05) is 18.8 Å². The first kappa shape index (κ1) is 22.5. The van der Waals surface area contributed by atoms with Crippen LogP contribution in [0.2, 0.25) is 0 Å². The van der Waals surface area contributed by atoms with Crippen LogP contribution in [0.4, 0.5) is 0 Å². The molecule has 0 spiro atoms. The highest BCUT2D eigenvalue weighted by atomic mass is 127. The van der Waals surface area contributed by atoms with Crippen molar-refractivity contribution in [1.82, 2.24) is 20.0 Å².